The molecule has 1 atom stereocenters. The third-order valence-electron chi connectivity index (χ3n) is 3.42. The number of carbonyl (C=O) groups is 1. The average Bonchev–Trinajstić information content (AvgIpc) is 2.51. The Morgan fingerprint density at radius 2 is 1.55 bits per heavy atom. The summed E-state index contributed by atoms with van der Waals surface area (Å²) in [6.45, 7) is 1.83. The molecule has 106 valence electrons. The van der Waals surface area contributed by atoms with Crippen molar-refractivity contribution in [3.05, 3.63) is 35.9 Å². The number of hydrogen-bond acceptors (Lipinski definition) is 4. The molecule has 0 aromatic heterocycles. The lowest BCUT2D eigenvalue weighted by molar-refractivity contribution is -0.141. The van der Waals surface area contributed by atoms with Gasteiger partial charge < -0.3 is 14.2 Å². The quantitative estimate of drug-likeness (QED) is 0.803. The first-order valence-electron chi connectivity index (χ1n) is 6.34. The van der Waals surface area contributed by atoms with Gasteiger partial charge in [-0.2, -0.15) is 0 Å². The number of carbonyl (C=O) groups excluding carboxylic acids is 1. The van der Waals surface area contributed by atoms with Gasteiger partial charge in [0.2, 0.25) is 0 Å². The van der Waals surface area contributed by atoms with E-state index in [1.54, 1.807) is 14.2 Å². The van der Waals surface area contributed by atoms with Crippen molar-refractivity contribution < 1.29 is 19.0 Å². The fourth-order valence-corrected chi connectivity index (χ4v) is 2.18. The summed E-state index contributed by atoms with van der Waals surface area (Å²) < 4.78 is 15.4. The van der Waals surface area contributed by atoms with E-state index in [2.05, 4.69) is 0 Å². The minimum absolute atomic E-state index is 0.246. The second-order valence-electron chi connectivity index (χ2n) is 4.56. The Labute approximate surface area is 118 Å². The van der Waals surface area contributed by atoms with Crippen molar-refractivity contribution in [2.75, 3.05) is 21.3 Å². The van der Waals surface area contributed by atoms with Gasteiger partial charge in [0.1, 0.15) is 0 Å². The predicted molar refractivity (Wildman–Crippen MR) is 77.5 cm³/mol. The molecule has 1 unspecified atom stereocenters. The molecule has 4 nitrogen and oxygen atoms in total. The maximum Gasteiger partial charge on any atom is 0.312 e. The lowest BCUT2D eigenvalue weighted by Gasteiger charge is -2.12. The first kappa shape index (κ1) is 14.2. The molecular weight excluding hydrogens is 256 g/mol. The van der Waals surface area contributed by atoms with Crippen LogP contribution >= 0.6 is 0 Å². The molecule has 2 aromatic rings. The maximum atomic E-state index is 11.6. The highest BCUT2D eigenvalue weighted by atomic mass is 16.5. The van der Waals surface area contributed by atoms with E-state index in [1.165, 1.54) is 7.11 Å². The van der Waals surface area contributed by atoms with Crippen LogP contribution in [-0.2, 0) is 9.53 Å². The number of hydrogen-bond donors (Lipinski definition) is 0. The topological polar surface area (TPSA) is 44.8 Å². The van der Waals surface area contributed by atoms with Crippen molar-refractivity contribution in [3.63, 3.8) is 0 Å². The Kier molecular flexibility index (Phi) is 4.13. The monoisotopic (exact) mass is 274 g/mol. The fourth-order valence-electron chi connectivity index (χ4n) is 2.18. The Hall–Kier alpha value is -2.23. The van der Waals surface area contributed by atoms with Crippen LogP contribution in [0.5, 0.6) is 11.5 Å². The van der Waals surface area contributed by atoms with Crippen LogP contribution in [0.4, 0.5) is 0 Å². The predicted octanol–water partition coefficient (Wildman–Crippen LogP) is 3.13. The molecule has 0 saturated carbocycles. The first-order valence-corrected chi connectivity index (χ1v) is 6.34. The summed E-state index contributed by atoms with van der Waals surface area (Å²) in [5, 5.41) is 2.03. The van der Waals surface area contributed by atoms with Gasteiger partial charge in [-0.25, -0.2) is 0 Å². The van der Waals surface area contributed by atoms with E-state index < -0.39 is 0 Å². The molecule has 2 rings (SSSR count). The van der Waals surface area contributed by atoms with E-state index in [0.717, 1.165) is 16.3 Å². The van der Waals surface area contributed by atoms with E-state index in [1.807, 2.05) is 37.3 Å². The standard InChI is InChI=1S/C16H18O4/c1-10(16(17)20-4)11-5-6-12-8-14(18-2)15(19-3)9-13(12)7-11/h5-10H,1-4H3. The van der Waals surface area contributed by atoms with Crippen molar-refractivity contribution in [1.29, 1.82) is 0 Å². The lowest BCUT2D eigenvalue weighted by Crippen LogP contribution is -2.10. The molecule has 0 aliphatic rings. The third kappa shape index (κ3) is 2.54. The zero-order valence-corrected chi connectivity index (χ0v) is 12.1. The Morgan fingerprint density at radius 1 is 0.950 bits per heavy atom. The van der Waals surface area contributed by atoms with Crippen LogP contribution in [0.1, 0.15) is 18.4 Å². The van der Waals surface area contributed by atoms with E-state index in [4.69, 9.17) is 14.2 Å². The van der Waals surface area contributed by atoms with Crippen LogP contribution < -0.4 is 9.47 Å². The second-order valence-corrected chi connectivity index (χ2v) is 4.56. The Bertz CT molecular complexity index is 634. The smallest absolute Gasteiger partial charge is 0.312 e. The van der Waals surface area contributed by atoms with Crippen LogP contribution in [0, 0.1) is 0 Å². The second kappa shape index (κ2) is 5.82. The zero-order chi connectivity index (χ0) is 14.7. The Morgan fingerprint density at radius 3 is 2.10 bits per heavy atom. The van der Waals surface area contributed by atoms with Crippen LogP contribution in [0.3, 0.4) is 0 Å². The van der Waals surface area contributed by atoms with Crippen LogP contribution in [0.15, 0.2) is 30.3 Å². The van der Waals surface area contributed by atoms with Gasteiger partial charge in [-0.15, -0.1) is 0 Å². The van der Waals surface area contributed by atoms with Gasteiger partial charge in [0, 0.05) is 0 Å². The van der Waals surface area contributed by atoms with Crippen LogP contribution in [0.2, 0.25) is 0 Å². The van der Waals surface area contributed by atoms with Gasteiger partial charge in [0.25, 0.3) is 0 Å². The lowest BCUT2D eigenvalue weighted by atomic mass is 9.97. The van der Waals surface area contributed by atoms with Crippen LogP contribution in [-0.4, -0.2) is 27.3 Å². The maximum absolute atomic E-state index is 11.6. The molecule has 0 aliphatic heterocycles. The molecule has 0 bridgehead atoms. The summed E-state index contributed by atoms with van der Waals surface area (Å²) in [6.07, 6.45) is 0. The zero-order valence-electron chi connectivity index (χ0n) is 12.1. The molecule has 0 N–H and O–H groups in total. The number of rotatable bonds is 4. The molecule has 0 heterocycles. The van der Waals surface area contributed by atoms with Crippen LogP contribution in [0.25, 0.3) is 10.8 Å². The van der Waals surface area contributed by atoms with Gasteiger partial charge >= 0.3 is 5.97 Å². The molecule has 20 heavy (non-hydrogen) atoms. The van der Waals surface area contributed by atoms with Gasteiger partial charge in [-0.05, 0) is 35.4 Å². The van der Waals surface area contributed by atoms with E-state index in [9.17, 15) is 4.79 Å². The van der Waals surface area contributed by atoms with Gasteiger partial charge in [-0.1, -0.05) is 18.2 Å². The molecule has 0 radical (unpaired) electrons. The summed E-state index contributed by atoms with van der Waals surface area (Å²) in [4.78, 5) is 11.6. The summed E-state index contributed by atoms with van der Waals surface area (Å²) in [5.74, 6) is 0.818. The van der Waals surface area contributed by atoms with E-state index in [0.29, 0.717) is 11.5 Å². The molecular formula is C16H18O4. The van der Waals surface area contributed by atoms with Gasteiger partial charge in [0.15, 0.2) is 11.5 Å². The number of ether oxygens (including phenoxy) is 3. The van der Waals surface area contributed by atoms with Crippen molar-refractivity contribution >= 4 is 16.7 Å². The van der Waals surface area contributed by atoms with E-state index in [-0.39, 0.29) is 11.9 Å². The molecule has 0 saturated heterocycles. The average molecular weight is 274 g/mol. The normalized spacial score (nSPS) is 12.0. The molecule has 0 amide bonds. The largest absolute Gasteiger partial charge is 0.493 e. The minimum atomic E-state index is -0.294. The van der Waals surface area contributed by atoms with Crippen molar-refractivity contribution in [2.45, 2.75) is 12.8 Å². The van der Waals surface area contributed by atoms with E-state index >= 15 is 0 Å². The molecule has 0 aliphatic carbocycles. The number of fused-ring (bicyclic) bond motifs is 1. The summed E-state index contributed by atoms with van der Waals surface area (Å²) >= 11 is 0. The molecule has 4 heteroatoms. The number of esters is 1. The highest BCUT2D eigenvalue weighted by Gasteiger charge is 2.16. The van der Waals surface area contributed by atoms with Gasteiger partial charge in [0.05, 0.1) is 27.2 Å². The molecule has 0 fully saturated rings. The highest BCUT2D eigenvalue weighted by molar-refractivity contribution is 5.88. The van der Waals surface area contributed by atoms with Crippen molar-refractivity contribution in [1.82, 2.24) is 0 Å². The van der Waals surface area contributed by atoms with Crippen molar-refractivity contribution in [2.24, 2.45) is 0 Å². The summed E-state index contributed by atoms with van der Waals surface area (Å²) in [7, 11) is 4.61. The molecule has 2 aromatic carbocycles. The highest BCUT2D eigenvalue weighted by Crippen LogP contribution is 2.33. The number of benzene rings is 2. The first-order chi connectivity index (χ1) is 9.60. The molecule has 0 spiro atoms. The third-order valence-corrected chi connectivity index (χ3v) is 3.42. The summed E-state index contributed by atoms with van der Waals surface area (Å²) in [6, 6.07) is 9.68. The fraction of sp³-hybridized carbons (Fsp3) is 0.312. The van der Waals surface area contributed by atoms with Gasteiger partial charge in [-0.3, -0.25) is 4.79 Å². The Balaban J connectivity index is 2.51. The summed E-state index contributed by atoms with van der Waals surface area (Å²) in [5.41, 5.74) is 0.913. The van der Waals surface area contributed by atoms with Crippen molar-refractivity contribution in [3.8, 4) is 11.5 Å². The number of methoxy groups -OCH3 is 3. The minimum Gasteiger partial charge on any atom is -0.493 e. The SMILES string of the molecule is COC(=O)C(C)c1ccc2cc(OC)c(OC)cc2c1.